The van der Waals surface area contributed by atoms with Gasteiger partial charge < -0.3 is 21.1 Å². The standard InChI is InChI=1S/C18H20F4N4O2S/c19-14(20)6-10-15(21)11(24-17(28)12-8-29-18(23)25-12)7-13(16(10)22)26-4-1-2-9(27)3-5-26/h7-9,14,27H,1-6H2,(H2,23,25)(H,24,28)/t9-/m0/s1. The quantitative estimate of drug-likeness (QED) is 0.630. The van der Waals surface area contributed by atoms with Crippen molar-refractivity contribution in [2.75, 3.05) is 29.0 Å². The second-order valence-corrected chi connectivity index (χ2v) is 7.63. The molecule has 1 saturated heterocycles. The predicted molar refractivity (Wildman–Crippen MR) is 103 cm³/mol. The Kier molecular flexibility index (Phi) is 6.58. The van der Waals surface area contributed by atoms with E-state index in [4.69, 9.17) is 5.73 Å². The normalized spacial score (nSPS) is 17.4. The Labute approximate surface area is 168 Å². The minimum atomic E-state index is -2.97. The third kappa shape index (κ3) is 4.96. The predicted octanol–water partition coefficient (Wildman–Crippen LogP) is 3.41. The van der Waals surface area contributed by atoms with Crippen molar-refractivity contribution in [3.8, 4) is 0 Å². The minimum absolute atomic E-state index is 0.0638. The number of aliphatic hydroxyl groups is 1. The Morgan fingerprint density at radius 1 is 1.34 bits per heavy atom. The molecular formula is C18H20F4N4O2S. The monoisotopic (exact) mass is 432 g/mol. The highest BCUT2D eigenvalue weighted by atomic mass is 32.1. The summed E-state index contributed by atoms with van der Waals surface area (Å²) in [5.74, 6) is -3.13. The first kappa shape index (κ1) is 21.3. The lowest BCUT2D eigenvalue weighted by atomic mass is 10.1. The van der Waals surface area contributed by atoms with Gasteiger partial charge in [-0.05, 0) is 25.3 Å². The van der Waals surface area contributed by atoms with Crippen molar-refractivity contribution >= 4 is 33.8 Å². The number of nitrogens with one attached hydrogen (secondary N) is 1. The van der Waals surface area contributed by atoms with Crippen LogP contribution < -0.4 is 16.0 Å². The largest absolute Gasteiger partial charge is 0.393 e. The molecule has 1 aromatic carbocycles. The summed E-state index contributed by atoms with van der Waals surface area (Å²) in [6, 6.07) is 1.09. The molecule has 2 heterocycles. The van der Waals surface area contributed by atoms with Gasteiger partial charge in [-0.1, -0.05) is 0 Å². The van der Waals surface area contributed by atoms with Crippen molar-refractivity contribution in [2.24, 2.45) is 0 Å². The molecule has 0 spiro atoms. The van der Waals surface area contributed by atoms with E-state index >= 15 is 0 Å². The molecule has 158 valence electrons. The summed E-state index contributed by atoms with van der Waals surface area (Å²) in [5.41, 5.74) is 4.11. The van der Waals surface area contributed by atoms with Gasteiger partial charge in [0.25, 0.3) is 5.91 Å². The summed E-state index contributed by atoms with van der Waals surface area (Å²) in [7, 11) is 0. The van der Waals surface area contributed by atoms with Gasteiger partial charge in [-0.2, -0.15) is 0 Å². The molecule has 2 aromatic rings. The molecule has 1 amide bonds. The number of aromatic nitrogens is 1. The SMILES string of the molecule is Nc1nc(C(=O)Nc2cc(N3CCC[C@H](O)CC3)c(F)c(CC(F)F)c2F)cs1. The number of halogens is 4. The maximum Gasteiger partial charge on any atom is 0.275 e. The number of amides is 1. The molecule has 1 atom stereocenters. The number of alkyl halides is 2. The van der Waals surface area contributed by atoms with Gasteiger partial charge in [0.2, 0.25) is 6.43 Å². The zero-order valence-corrected chi connectivity index (χ0v) is 16.1. The highest BCUT2D eigenvalue weighted by molar-refractivity contribution is 7.13. The maximum absolute atomic E-state index is 14.9. The number of carbonyl (C=O) groups is 1. The van der Waals surface area contributed by atoms with E-state index in [0.717, 1.165) is 17.4 Å². The topological polar surface area (TPSA) is 91.5 Å². The molecule has 6 nitrogen and oxygen atoms in total. The summed E-state index contributed by atoms with van der Waals surface area (Å²) in [4.78, 5) is 17.7. The Hall–Kier alpha value is -2.40. The summed E-state index contributed by atoms with van der Waals surface area (Å²) in [5, 5.41) is 13.6. The van der Waals surface area contributed by atoms with Crippen molar-refractivity contribution in [1.29, 1.82) is 0 Å². The van der Waals surface area contributed by atoms with Crippen molar-refractivity contribution in [2.45, 2.75) is 38.2 Å². The number of benzene rings is 1. The molecule has 0 saturated carbocycles. The number of rotatable bonds is 5. The van der Waals surface area contributed by atoms with Crippen LogP contribution in [0.4, 0.5) is 34.1 Å². The number of nitrogens with two attached hydrogens (primary N) is 1. The smallest absolute Gasteiger partial charge is 0.275 e. The van der Waals surface area contributed by atoms with Crippen LogP contribution in [0.3, 0.4) is 0 Å². The number of anilines is 3. The maximum atomic E-state index is 14.9. The number of hydrogen-bond donors (Lipinski definition) is 3. The van der Waals surface area contributed by atoms with Crippen LogP contribution in [-0.2, 0) is 6.42 Å². The third-order valence-electron chi connectivity index (χ3n) is 4.67. The fourth-order valence-electron chi connectivity index (χ4n) is 3.23. The van der Waals surface area contributed by atoms with Gasteiger partial charge in [-0.25, -0.2) is 22.5 Å². The second kappa shape index (κ2) is 8.95. The van der Waals surface area contributed by atoms with Crippen LogP contribution in [0.2, 0.25) is 0 Å². The van der Waals surface area contributed by atoms with Crippen LogP contribution in [0.5, 0.6) is 0 Å². The fourth-order valence-corrected chi connectivity index (χ4v) is 3.77. The van der Waals surface area contributed by atoms with Gasteiger partial charge in [0.15, 0.2) is 16.8 Å². The summed E-state index contributed by atoms with van der Waals surface area (Å²) in [6.45, 7) is 0.636. The summed E-state index contributed by atoms with van der Waals surface area (Å²) in [6.07, 6.45) is -3.20. The fraction of sp³-hybridized carbons (Fsp3) is 0.444. The molecule has 1 aliphatic heterocycles. The van der Waals surface area contributed by atoms with Gasteiger partial charge >= 0.3 is 0 Å². The zero-order valence-electron chi connectivity index (χ0n) is 15.3. The molecule has 0 radical (unpaired) electrons. The second-order valence-electron chi connectivity index (χ2n) is 6.74. The van der Waals surface area contributed by atoms with E-state index < -0.39 is 47.7 Å². The van der Waals surface area contributed by atoms with E-state index in [1.807, 2.05) is 0 Å². The molecule has 1 fully saturated rings. The van der Waals surface area contributed by atoms with E-state index in [1.54, 1.807) is 4.90 Å². The van der Waals surface area contributed by atoms with Gasteiger partial charge in [-0.15, -0.1) is 11.3 Å². The lowest BCUT2D eigenvalue weighted by Crippen LogP contribution is -2.27. The van der Waals surface area contributed by atoms with Crippen LogP contribution in [0.15, 0.2) is 11.4 Å². The lowest BCUT2D eigenvalue weighted by Gasteiger charge is -2.25. The van der Waals surface area contributed by atoms with Crippen LogP contribution in [-0.4, -0.2) is 41.6 Å². The van der Waals surface area contributed by atoms with Crippen molar-refractivity contribution < 1.29 is 27.5 Å². The summed E-state index contributed by atoms with van der Waals surface area (Å²) >= 11 is 1.01. The molecule has 3 rings (SSSR count). The lowest BCUT2D eigenvalue weighted by molar-refractivity contribution is 0.102. The average molecular weight is 432 g/mol. The van der Waals surface area contributed by atoms with Crippen molar-refractivity contribution in [3.63, 3.8) is 0 Å². The van der Waals surface area contributed by atoms with E-state index in [9.17, 15) is 27.5 Å². The first-order valence-corrected chi connectivity index (χ1v) is 9.88. The number of nitrogens with zero attached hydrogens (tertiary/aromatic N) is 2. The van der Waals surface area contributed by atoms with E-state index in [1.165, 1.54) is 5.38 Å². The first-order valence-electron chi connectivity index (χ1n) is 9.00. The number of aliphatic hydroxyl groups excluding tert-OH is 1. The summed E-state index contributed by atoms with van der Waals surface area (Å²) < 4.78 is 55.6. The molecule has 1 aliphatic rings. The van der Waals surface area contributed by atoms with Crippen molar-refractivity contribution in [1.82, 2.24) is 4.98 Å². The number of carbonyl (C=O) groups excluding carboxylic acids is 1. The molecule has 4 N–H and O–H groups in total. The van der Waals surface area contributed by atoms with Gasteiger partial charge in [0, 0.05) is 30.5 Å². The number of thiazole rings is 1. The number of hydrogen-bond acceptors (Lipinski definition) is 6. The molecule has 0 aliphatic carbocycles. The molecule has 0 bridgehead atoms. The van der Waals surface area contributed by atoms with Gasteiger partial charge in [0.1, 0.15) is 5.69 Å². The number of nitrogen functional groups attached to an aromatic ring is 1. The van der Waals surface area contributed by atoms with Gasteiger partial charge in [0.05, 0.1) is 17.5 Å². The third-order valence-corrected chi connectivity index (χ3v) is 5.35. The Bertz CT molecular complexity index is 893. The molecule has 11 heteroatoms. The minimum Gasteiger partial charge on any atom is -0.393 e. The van der Waals surface area contributed by atoms with Crippen LogP contribution in [0.25, 0.3) is 0 Å². The molecule has 0 unspecified atom stereocenters. The average Bonchev–Trinajstić information content (AvgIpc) is 2.98. The van der Waals surface area contributed by atoms with E-state index in [0.29, 0.717) is 25.8 Å². The van der Waals surface area contributed by atoms with E-state index in [-0.39, 0.29) is 23.1 Å². The van der Waals surface area contributed by atoms with Crippen molar-refractivity contribution in [3.05, 3.63) is 34.3 Å². The van der Waals surface area contributed by atoms with E-state index in [2.05, 4.69) is 10.3 Å². The Balaban J connectivity index is 1.99. The van der Waals surface area contributed by atoms with Crippen LogP contribution >= 0.6 is 11.3 Å². The zero-order chi connectivity index (χ0) is 21.1. The highest BCUT2D eigenvalue weighted by Gasteiger charge is 2.26. The Morgan fingerprint density at radius 3 is 2.76 bits per heavy atom. The highest BCUT2D eigenvalue weighted by Crippen LogP contribution is 2.33. The Morgan fingerprint density at radius 2 is 2.10 bits per heavy atom. The van der Waals surface area contributed by atoms with Crippen LogP contribution in [0, 0.1) is 11.6 Å². The molecule has 1 aromatic heterocycles. The van der Waals surface area contributed by atoms with Gasteiger partial charge in [-0.3, -0.25) is 4.79 Å². The molecular weight excluding hydrogens is 412 g/mol. The van der Waals surface area contributed by atoms with Crippen LogP contribution in [0.1, 0.15) is 35.3 Å². The first-order chi connectivity index (χ1) is 13.8. The molecule has 29 heavy (non-hydrogen) atoms.